The number of carbonyl (C=O) groups is 5. The molecule has 0 aliphatic carbocycles. The number of benzene rings is 8. The quantitative estimate of drug-likeness (QED) is 0.00985. The van der Waals surface area contributed by atoms with Crippen molar-refractivity contribution in [3.63, 3.8) is 0 Å². The third kappa shape index (κ3) is 33.9. The fourth-order valence-corrected chi connectivity index (χ4v) is 12.8. The minimum absolute atomic E-state index is 0.165. The van der Waals surface area contributed by atoms with E-state index in [1.54, 1.807) is 104 Å². The summed E-state index contributed by atoms with van der Waals surface area (Å²) in [6, 6.07) is 48.2. The van der Waals surface area contributed by atoms with Gasteiger partial charge in [0.05, 0.1) is 54.9 Å². The Labute approximate surface area is 654 Å². The zero-order chi connectivity index (χ0) is 79.9. The van der Waals surface area contributed by atoms with Gasteiger partial charge in [-0.1, -0.05) is 145 Å². The number of halogens is 10. The van der Waals surface area contributed by atoms with Crippen molar-refractivity contribution in [3.8, 4) is 28.7 Å². The normalized spacial score (nSPS) is 10.1. The van der Waals surface area contributed by atoms with Gasteiger partial charge in [0.2, 0.25) is 5.02 Å². The highest BCUT2D eigenvalue weighted by atomic mass is 79.9. The average Bonchev–Trinajstić information content (AvgIpc) is 0.758. The summed E-state index contributed by atoms with van der Waals surface area (Å²) < 4.78 is 110. The Bertz CT molecular complexity index is 3970. The molecule has 8 aromatic carbocycles. The summed E-state index contributed by atoms with van der Waals surface area (Å²) >= 11 is 19.3. The Morgan fingerprint density at radius 3 is 1.19 bits per heavy atom. The SMILES string of the molecule is BrB(Br)Br.CCOC(=O)/C=C/c1ccc(OC)c(F)c1C.CCOC(=O)C=P(c1ccccc1)(c1ccccc1)c1ccccc1.CCOC(=O)CCc1ccc(O)c(F)c1C.CCOC(=O)CCc1ccc(OC)c(F)c1C.COC(Cl)Cl.COc1ccc(C=O)c(C)c1F.COc1cccc(C)c1F. The molecule has 0 saturated heterocycles. The summed E-state index contributed by atoms with van der Waals surface area (Å²) in [5, 5.41) is 11.9. The Kier molecular flexibility index (Phi) is 48.7. The van der Waals surface area contributed by atoms with Gasteiger partial charge >= 0.3 is 27.1 Å². The summed E-state index contributed by atoms with van der Waals surface area (Å²) in [7, 11) is 7.11. The third-order valence-corrected chi connectivity index (χ3v) is 18.9. The van der Waals surface area contributed by atoms with Gasteiger partial charge < -0.3 is 47.7 Å². The Balaban J connectivity index is 0.000000633. The van der Waals surface area contributed by atoms with E-state index in [2.05, 4.69) is 88.4 Å². The molecule has 0 amide bonds. The van der Waals surface area contributed by atoms with E-state index in [9.17, 15) is 45.9 Å². The van der Waals surface area contributed by atoms with Crippen molar-refractivity contribution in [2.45, 2.75) is 93.0 Å². The Hall–Kier alpha value is -7.96. The van der Waals surface area contributed by atoms with Crippen LogP contribution in [-0.2, 0) is 55.7 Å². The number of esters is 4. The summed E-state index contributed by atoms with van der Waals surface area (Å²) in [6.07, 6.45) is 4.80. The summed E-state index contributed by atoms with van der Waals surface area (Å²) in [5.74, 6) is -1.10. The molecule has 0 unspecified atom stereocenters. The molecule has 8 aromatic rings. The maximum absolute atomic E-state index is 13.7. The molecular formula is C79H90BBr3Cl2F5O15P. The van der Waals surface area contributed by atoms with E-state index in [-0.39, 0.29) is 68.6 Å². The molecule has 1 N–H and O–H groups in total. The van der Waals surface area contributed by atoms with Crippen LogP contribution in [0.15, 0.2) is 164 Å². The second-order valence-electron chi connectivity index (χ2n) is 21.4. The van der Waals surface area contributed by atoms with Crippen LogP contribution in [0.5, 0.6) is 28.7 Å². The largest absolute Gasteiger partial charge is 0.505 e. The van der Waals surface area contributed by atoms with Crippen molar-refractivity contribution in [2.75, 3.05) is 62.0 Å². The highest BCUT2D eigenvalue weighted by molar-refractivity contribution is 9.69. The topological polar surface area (TPSA) is 189 Å². The maximum Gasteiger partial charge on any atom is 0.369 e. The van der Waals surface area contributed by atoms with Crippen LogP contribution in [0.25, 0.3) is 6.08 Å². The summed E-state index contributed by atoms with van der Waals surface area (Å²) in [4.78, 5) is 56.3. The lowest BCUT2D eigenvalue weighted by molar-refractivity contribution is -0.144. The van der Waals surface area contributed by atoms with Gasteiger partial charge in [-0.25, -0.2) is 31.5 Å². The number of ether oxygens (including phenoxy) is 9. The van der Waals surface area contributed by atoms with Crippen molar-refractivity contribution in [3.05, 3.63) is 243 Å². The fourth-order valence-electron chi connectivity index (χ4n) is 9.15. The molecule has 0 aliphatic heterocycles. The minimum Gasteiger partial charge on any atom is -0.505 e. The van der Waals surface area contributed by atoms with Crippen molar-refractivity contribution < 1.29 is 93.7 Å². The van der Waals surface area contributed by atoms with E-state index in [1.807, 2.05) is 61.5 Å². The molecule has 0 saturated carbocycles. The van der Waals surface area contributed by atoms with Crippen LogP contribution < -0.4 is 34.9 Å². The highest BCUT2D eigenvalue weighted by Gasteiger charge is 2.27. The van der Waals surface area contributed by atoms with Crippen molar-refractivity contribution in [1.29, 1.82) is 0 Å². The van der Waals surface area contributed by atoms with Crippen LogP contribution in [0.3, 0.4) is 0 Å². The zero-order valence-electron chi connectivity index (χ0n) is 61.5. The van der Waals surface area contributed by atoms with E-state index >= 15 is 0 Å². The van der Waals surface area contributed by atoms with Gasteiger partial charge in [-0.15, -0.1) is 47.3 Å². The number of hydrogen-bond acceptors (Lipinski definition) is 15. The number of aldehydes is 1. The highest BCUT2D eigenvalue weighted by Crippen LogP contribution is 2.43. The number of carbonyl (C=O) groups excluding carboxylic acids is 5. The number of methoxy groups -OCH3 is 5. The first kappa shape index (κ1) is 96.1. The second kappa shape index (κ2) is 53.8. The van der Waals surface area contributed by atoms with Crippen LogP contribution >= 0.6 is 77.4 Å². The molecule has 574 valence electrons. The average molecular weight is 1730 g/mol. The predicted molar refractivity (Wildman–Crippen MR) is 427 cm³/mol. The van der Waals surface area contributed by atoms with E-state index in [4.69, 9.17) is 66.2 Å². The number of rotatable bonds is 22. The molecule has 0 aromatic heterocycles. The van der Waals surface area contributed by atoms with E-state index in [0.717, 1.165) is 21.5 Å². The lowest BCUT2D eigenvalue weighted by atomic mass is 10.0. The van der Waals surface area contributed by atoms with Gasteiger partial charge in [-0.05, 0) is 185 Å². The second-order valence-corrected chi connectivity index (χ2v) is 32.1. The van der Waals surface area contributed by atoms with Crippen molar-refractivity contribution in [1.82, 2.24) is 0 Å². The van der Waals surface area contributed by atoms with Gasteiger partial charge in [0.15, 0.2) is 57.8 Å². The van der Waals surface area contributed by atoms with Gasteiger partial charge in [0, 0.05) is 37.4 Å². The van der Waals surface area contributed by atoms with Gasteiger partial charge in [-0.2, -0.15) is 0 Å². The number of hydrogen-bond donors (Lipinski definition) is 1. The fraction of sp³-hybridized carbons (Fsp3) is 0.291. The first-order valence-electron chi connectivity index (χ1n) is 32.7. The molecule has 0 aliphatic rings. The first-order valence-corrected chi connectivity index (χ1v) is 38.1. The number of alkyl halides is 2. The zero-order valence-corrected chi connectivity index (χ0v) is 68.7. The molecule has 106 heavy (non-hydrogen) atoms. The van der Waals surface area contributed by atoms with Gasteiger partial charge in [0.25, 0.3) is 0 Å². The van der Waals surface area contributed by atoms with Crippen LogP contribution in [0.4, 0.5) is 22.0 Å². The standard InChI is InChI=1S/C22H21O2P.C13H17FO3.C13H15FO3.C12H15FO3.C9H9FO2.C8H9FO.C2H4Cl2O.BBr3/c1-2-24-22(23)18-25(19-12-6-3-7-13-19,20-14-8-4-9-15-20)21-16-10-5-11-17-21;2*1-4-17-12(15)8-6-10-5-7-11(16-3)13(14)9(10)2;1-3-16-11(15)7-5-9-4-6-10(14)12(13)8(9)2;1-6-7(5-11)3-4-8(12-2)9(6)10;1-6-4-3-5-7(10-2)8(6)9;1-5-2(3)4;2-1(3)4/h3-18H,2H2,1H3;5,7H,4,6,8H2,1-3H3;5-8H,4H2,1-3H3;4,6,14H,3,5,7H2,1-2H3;3-5H,1-2H3;3-5H,1-2H3;2H,1H3;/b;;8-6+;;;;;. The van der Waals surface area contributed by atoms with Crippen molar-refractivity contribution in [2.24, 2.45) is 0 Å². The molecule has 0 fully saturated rings. The lowest BCUT2D eigenvalue weighted by Gasteiger charge is -2.28. The molecule has 0 heterocycles. The Morgan fingerprint density at radius 1 is 0.462 bits per heavy atom. The summed E-state index contributed by atoms with van der Waals surface area (Å²) in [5.41, 5.74) is 4.76. The first-order chi connectivity index (χ1) is 50.5. The van der Waals surface area contributed by atoms with E-state index in [0.29, 0.717) is 95.8 Å². The number of phenols is 1. The molecule has 0 atom stereocenters. The van der Waals surface area contributed by atoms with Crippen LogP contribution in [-0.4, -0.2) is 111 Å². The molecule has 27 heteroatoms. The number of aryl methyl sites for hydroxylation is 3. The molecule has 0 spiro atoms. The van der Waals surface area contributed by atoms with E-state index in [1.165, 1.54) is 72.0 Å². The van der Waals surface area contributed by atoms with Gasteiger partial charge in [-0.3, -0.25) is 14.4 Å². The minimum atomic E-state index is -2.24. The maximum atomic E-state index is 13.7. The summed E-state index contributed by atoms with van der Waals surface area (Å²) in [6.45, 7) is 14.4. The van der Waals surface area contributed by atoms with Crippen LogP contribution in [0, 0.1) is 63.7 Å². The van der Waals surface area contributed by atoms with E-state index < -0.39 is 35.3 Å². The van der Waals surface area contributed by atoms with Gasteiger partial charge in [0.1, 0.15) is 6.29 Å². The third-order valence-electron chi connectivity index (χ3n) is 14.6. The molecule has 0 radical (unpaired) electrons. The van der Waals surface area contributed by atoms with Crippen molar-refractivity contribution >= 4 is 138 Å². The number of aromatic hydroxyl groups is 1. The monoisotopic (exact) mass is 1720 g/mol. The predicted octanol–water partition coefficient (Wildman–Crippen LogP) is 18.7. The van der Waals surface area contributed by atoms with Crippen LogP contribution in [0.1, 0.15) is 95.4 Å². The Morgan fingerprint density at radius 2 is 0.811 bits per heavy atom. The number of phenolic OH excluding ortho intramolecular Hbond substituents is 1. The molecule has 8 rings (SSSR count). The molecular weight excluding hydrogens is 1640 g/mol. The lowest BCUT2D eigenvalue weighted by Crippen LogP contribution is -2.29. The smallest absolute Gasteiger partial charge is 0.369 e. The molecule has 0 bridgehead atoms. The van der Waals surface area contributed by atoms with Crippen LogP contribution in [0.2, 0.25) is 0 Å². The molecule has 15 nitrogen and oxygen atoms in total.